The average molecular weight is 236 g/mol. The maximum Gasteiger partial charge on any atom is 0.0777 e. The Morgan fingerprint density at radius 3 is 2.59 bits per heavy atom. The number of nitrogens with two attached hydrogens (primary N) is 1. The van der Waals surface area contributed by atoms with Gasteiger partial charge in [-0.2, -0.15) is 0 Å². The molecule has 0 aliphatic rings. The Hall–Kier alpha value is -0.930. The van der Waals surface area contributed by atoms with Crippen molar-refractivity contribution in [2.45, 2.75) is 46.3 Å². The van der Waals surface area contributed by atoms with Crippen LogP contribution in [0.5, 0.6) is 0 Å². The number of nitrogens with zero attached hydrogens (tertiary/aromatic N) is 1. The molecule has 0 aliphatic carbocycles. The molecule has 0 amide bonds. The molecule has 0 fully saturated rings. The van der Waals surface area contributed by atoms with Gasteiger partial charge in [-0.3, -0.25) is 4.98 Å². The lowest BCUT2D eigenvalue weighted by atomic mass is 9.83. The number of hydrogen-bond acceptors (Lipinski definition) is 3. The van der Waals surface area contributed by atoms with Gasteiger partial charge in [0, 0.05) is 25.0 Å². The molecule has 1 aromatic rings. The summed E-state index contributed by atoms with van der Waals surface area (Å²) in [6.07, 6.45) is 4.51. The second-order valence-electron chi connectivity index (χ2n) is 5.47. The smallest absolute Gasteiger partial charge is 0.0777 e. The Kier molecular flexibility index (Phi) is 5.09. The first-order valence-electron chi connectivity index (χ1n) is 6.21. The summed E-state index contributed by atoms with van der Waals surface area (Å²) in [6.45, 7) is 9.20. The molecule has 2 atom stereocenters. The van der Waals surface area contributed by atoms with Gasteiger partial charge in [0.2, 0.25) is 0 Å². The molecule has 0 radical (unpaired) electrons. The quantitative estimate of drug-likeness (QED) is 0.854. The third-order valence-electron chi connectivity index (χ3n) is 2.78. The molecule has 3 nitrogen and oxygen atoms in total. The van der Waals surface area contributed by atoms with Crippen LogP contribution in [0.25, 0.3) is 0 Å². The Morgan fingerprint density at radius 2 is 2.12 bits per heavy atom. The lowest BCUT2D eigenvalue weighted by molar-refractivity contribution is -0.0274. The standard InChI is InChI=1S/C14H24N2O/c1-5-17-13(14(2,3)4)12(15)9-11-7-6-8-16-10-11/h6-8,10,12-13H,5,9,15H2,1-4H3. The lowest BCUT2D eigenvalue weighted by Crippen LogP contribution is -2.46. The maximum absolute atomic E-state index is 6.27. The Labute approximate surface area is 104 Å². The molecule has 17 heavy (non-hydrogen) atoms. The summed E-state index contributed by atoms with van der Waals surface area (Å²) in [5, 5.41) is 0. The summed E-state index contributed by atoms with van der Waals surface area (Å²) >= 11 is 0. The van der Waals surface area contributed by atoms with E-state index in [4.69, 9.17) is 10.5 Å². The van der Waals surface area contributed by atoms with E-state index in [1.165, 1.54) is 0 Å². The summed E-state index contributed by atoms with van der Waals surface area (Å²) in [5.41, 5.74) is 7.48. The van der Waals surface area contributed by atoms with Gasteiger partial charge in [-0.1, -0.05) is 26.8 Å². The zero-order chi connectivity index (χ0) is 12.9. The molecule has 0 saturated heterocycles. The van der Waals surface area contributed by atoms with Crippen molar-refractivity contribution < 1.29 is 4.74 Å². The van der Waals surface area contributed by atoms with Crippen LogP contribution in [0.1, 0.15) is 33.3 Å². The van der Waals surface area contributed by atoms with E-state index in [2.05, 4.69) is 31.8 Å². The highest BCUT2D eigenvalue weighted by Gasteiger charge is 2.30. The number of aromatic nitrogens is 1. The minimum Gasteiger partial charge on any atom is -0.376 e. The zero-order valence-corrected chi connectivity index (χ0v) is 11.3. The summed E-state index contributed by atoms with van der Waals surface area (Å²) in [6, 6.07) is 3.99. The van der Waals surface area contributed by atoms with Gasteiger partial charge in [0.1, 0.15) is 0 Å². The van der Waals surface area contributed by atoms with E-state index in [0.29, 0.717) is 6.61 Å². The van der Waals surface area contributed by atoms with Crippen LogP contribution in [0.15, 0.2) is 24.5 Å². The van der Waals surface area contributed by atoms with Crippen molar-refractivity contribution >= 4 is 0 Å². The fraction of sp³-hybridized carbons (Fsp3) is 0.643. The van der Waals surface area contributed by atoms with Crippen molar-refractivity contribution in [2.24, 2.45) is 11.1 Å². The number of ether oxygens (including phenoxy) is 1. The predicted molar refractivity (Wildman–Crippen MR) is 70.8 cm³/mol. The molecule has 0 saturated carbocycles. The number of pyridine rings is 1. The monoisotopic (exact) mass is 236 g/mol. The van der Waals surface area contributed by atoms with Crippen LogP contribution in [0.4, 0.5) is 0 Å². The summed E-state index contributed by atoms with van der Waals surface area (Å²) < 4.78 is 5.79. The largest absolute Gasteiger partial charge is 0.376 e. The zero-order valence-electron chi connectivity index (χ0n) is 11.3. The molecule has 0 aliphatic heterocycles. The first kappa shape index (κ1) is 14.1. The Balaban J connectivity index is 2.69. The van der Waals surface area contributed by atoms with Crippen molar-refractivity contribution in [2.75, 3.05) is 6.61 Å². The highest BCUT2D eigenvalue weighted by atomic mass is 16.5. The van der Waals surface area contributed by atoms with Crippen LogP contribution in [0.2, 0.25) is 0 Å². The van der Waals surface area contributed by atoms with Gasteiger partial charge in [0.05, 0.1) is 6.10 Å². The molecule has 1 heterocycles. The number of hydrogen-bond donors (Lipinski definition) is 1. The van der Waals surface area contributed by atoms with E-state index in [1.807, 2.05) is 19.2 Å². The van der Waals surface area contributed by atoms with E-state index >= 15 is 0 Å². The van der Waals surface area contributed by atoms with E-state index < -0.39 is 0 Å². The molecule has 0 aromatic carbocycles. The summed E-state index contributed by atoms with van der Waals surface area (Å²) in [7, 11) is 0. The molecule has 1 aromatic heterocycles. The minimum atomic E-state index is -0.000787. The van der Waals surface area contributed by atoms with E-state index in [-0.39, 0.29) is 17.6 Å². The van der Waals surface area contributed by atoms with Gasteiger partial charge in [0.25, 0.3) is 0 Å². The second kappa shape index (κ2) is 6.12. The number of rotatable bonds is 5. The van der Waals surface area contributed by atoms with Crippen molar-refractivity contribution in [3.05, 3.63) is 30.1 Å². The molecule has 0 spiro atoms. The van der Waals surface area contributed by atoms with Gasteiger partial charge >= 0.3 is 0 Å². The van der Waals surface area contributed by atoms with Crippen LogP contribution in [0.3, 0.4) is 0 Å². The first-order chi connectivity index (χ1) is 7.95. The minimum absolute atomic E-state index is 0.000787. The molecule has 96 valence electrons. The summed E-state index contributed by atoms with van der Waals surface area (Å²) in [5.74, 6) is 0. The fourth-order valence-corrected chi connectivity index (χ4v) is 2.09. The van der Waals surface area contributed by atoms with Gasteiger partial charge in [-0.25, -0.2) is 0 Å². The molecule has 1 rings (SSSR count). The molecular formula is C14H24N2O. The van der Waals surface area contributed by atoms with Crippen LogP contribution >= 0.6 is 0 Å². The SMILES string of the molecule is CCOC(C(N)Cc1cccnc1)C(C)(C)C. The van der Waals surface area contributed by atoms with E-state index in [0.717, 1.165) is 12.0 Å². The third-order valence-corrected chi connectivity index (χ3v) is 2.78. The third kappa shape index (κ3) is 4.44. The average Bonchev–Trinajstić information content (AvgIpc) is 2.25. The van der Waals surface area contributed by atoms with Crippen LogP contribution < -0.4 is 5.73 Å². The van der Waals surface area contributed by atoms with Gasteiger partial charge in [-0.15, -0.1) is 0 Å². The highest BCUT2D eigenvalue weighted by molar-refractivity contribution is 5.11. The maximum atomic E-state index is 6.27. The van der Waals surface area contributed by atoms with Crippen LogP contribution in [0, 0.1) is 5.41 Å². The normalized spacial score (nSPS) is 15.6. The van der Waals surface area contributed by atoms with Gasteiger partial charge in [0.15, 0.2) is 0 Å². The van der Waals surface area contributed by atoms with Gasteiger partial charge in [-0.05, 0) is 30.4 Å². The molecule has 2 N–H and O–H groups in total. The van der Waals surface area contributed by atoms with Gasteiger partial charge < -0.3 is 10.5 Å². The second-order valence-corrected chi connectivity index (χ2v) is 5.47. The molecule has 0 bridgehead atoms. The molecule has 2 unspecified atom stereocenters. The van der Waals surface area contributed by atoms with E-state index in [9.17, 15) is 0 Å². The summed E-state index contributed by atoms with van der Waals surface area (Å²) in [4.78, 5) is 4.11. The van der Waals surface area contributed by atoms with Crippen LogP contribution in [-0.4, -0.2) is 23.7 Å². The Morgan fingerprint density at radius 1 is 1.41 bits per heavy atom. The molecule has 3 heteroatoms. The first-order valence-corrected chi connectivity index (χ1v) is 6.21. The fourth-order valence-electron chi connectivity index (χ4n) is 2.09. The van der Waals surface area contributed by atoms with Crippen molar-refractivity contribution in [3.8, 4) is 0 Å². The molecular weight excluding hydrogens is 212 g/mol. The van der Waals surface area contributed by atoms with Crippen molar-refractivity contribution in [1.29, 1.82) is 0 Å². The lowest BCUT2D eigenvalue weighted by Gasteiger charge is -2.35. The van der Waals surface area contributed by atoms with Crippen LogP contribution in [-0.2, 0) is 11.2 Å². The predicted octanol–water partition coefficient (Wildman–Crippen LogP) is 2.40. The highest BCUT2D eigenvalue weighted by Crippen LogP contribution is 2.25. The van der Waals surface area contributed by atoms with Crippen molar-refractivity contribution in [1.82, 2.24) is 4.98 Å². The van der Waals surface area contributed by atoms with E-state index in [1.54, 1.807) is 6.20 Å². The Bertz CT molecular complexity index is 319. The van der Waals surface area contributed by atoms with Crippen molar-refractivity contribution in [3.63, 3.8) is 0 Å². The topological polar surface area (TPSA) is 48.1 Å².